The number of likely N-dealkylation sites (tertiary alicyclic amines) is 1. The number of aromatic nitrogens is 1. The van der Waals surface area contributed by atoms with Crippen LogP contribution in [0.5, 0.6) is 0 Å². The Morgan fingerprint density at radius 1 is 1.04 bits per heavy atom. The minimum absolute atomic E-state index is 0.175. The number of nitrogens with one attached hydrogen (secondary N) is 1. The smallest absolute Gasteiger partial charge is 0.382 e. The fraction of sp³-hybridized carbons (Fsp3) is 0.550. The van der Waals surface area contributed by atoms with Gasteiger partial charge in [0.1, 0.15) is 5.69 Å². The fourth-order valence-electron chi connectivity index (χ4n) is 4.37. The topological polar surface area (TPSA) is 28.2 Å². The van der Waals surface area contributed by atoms with Crippen LogP contribution in [0, 0.1) is 0 Å². The van der Waals surface area contributed by atoms with Gasteiger partial charge in [-0.3, -0.25) is 0 Å². The maximum atomic E-state index is 13.3. The molecule has 2 fully saturated rings. The van der Waals surface area contributed by atoms with E-state index in [1.165, 1.54) is 25.9 Å². The molecule has 2 heterocycles. The summed E-state index contributed by atoms with van der Waals surface area (Å²) in [5.41, 5.74) is -0.0903. The van der Waals surface area contributed by atoms with Gasteiger partial charge in [-0.2, -0.15) is 13.2 Å². The molecule has 0 bridgehead atoms. The van der Waals surface area contributed by atoms with E-state index in [2.05, 4.69) is 15.2 Å². The molecule has 4 rings (SSSR count). The minimum Gasteiger partial charge on any atom is -0.382 e. The molecular formula is C20H23ClF3N3. The summed E-state index contributed by atoms with van der Waals surface area (Å²) in [5.74, 6) is 0. The first-order valence-corrected chi connectivity index (χ1v) is 9.96. The molecule has 1 aliphatic heterocycles. The summed E-state index contributed by atoms with van der Waals surface area (Å²) in [4.78, 5) is 6.34. The number of halogens is 4. The van der Waals surface area contributed by atoms with Crippen LogP contribution in [0.1, 0.15) is 44.2 Å². The number of alkyl halides is 3. The summed E-state index contributed by atoms with van der Waals surface area (Å²) in [6, 6.07) is 6.71. The van der Waals surface area contributed by atoms with E-state index in [0.29, 0.717) is 27.7 Å². The first-order valence-electron chi connectivity index (χ1n) is 9.58. The molecule has 2 aliphatic rings. The molecule has 1 aromatic heterocycles. The summed E-state index contributed by atoms with van der Waals surface area (Å²) >= 11 is 6.07. The van der Waals surface area contributed by atoms with E-state index in [1.807, 2.05) is 0 Å². The summed E-state index contributed by atoms with van der Waals surface area (Å²) < 4.78 is 39.8. The van der Waals surface area contributed by atoms with Crippen LogP contribution in [-0.4, -0.2) is 35.1 Å². The lowest BCUT2D eigenvalue weighted by Crippen LogP contribution is -2.38. The average Bonchev–Trinajstić information content (AvgIpc) is 3.16. The molecule has 1 saturated heterocycles. The number of rotatable bonds is 3. The van der Waals surface area contributed by atoms with Crippen LogP contribution < -0.4 is 5.32 Å². The van der Waals surface area contributed by atoms with Crippen molar-refractivity contribution >= 4 is 28.2 Å². The average molecular weight is 398 g/mol. The lowest BCUT2D eigenvalue weighted by Gasteiger charge is -2.35. The maximum Gasteiger partial charge on any atom is 0.433 e. The second-order valence-electron chi connectivity index (χ2n) is 7.61. The molecular weight excluding hydrogens is 375 g/mol. The summed E-state index contributed by atoms with van der Waals surface area (Å²) in [5, 5.41) is 4.48. The molecule has 0 unspecified atom stereocenters. The normalized spacial score (nSPS) is 24.4. The highest BCUT2D eigenvalue weighted by Gasteiger charge is 2.34. The molecule has 27 heavy (non-hydrogen) atoms. The van der Waals surface area contributed by atoms with Crippen molar-refractivity contribution in [2.45, 2.75) is 56.8 Å². The van der Waals surface area contributed by atoms with Gasteiger partial charge >= 0.3 is 6.18 Å². The lowest BCUT2D eigenvalue weighted by molar-refractivity contribution is -0.140. The predicted octanol–water partition coefficient (Wildman–Crippen LogP) is 5.73. The van der Waals surface area contributed by atoms with Crippen molar-refractivity contribution in [3.63, 3.8) is 0 Å². The molecule has 7 heteroatoms. The van der Waals surface area contributed by atoms with Crippen LogP contribution >= 0.6 is 11.6 Å². The molecule has 0 atom stereocenters. The largest absolute Gasteiger partial charge is 0.433 e. The zero-order valence-electron chi connectivity index (χ0n) is 15.0. The second kappa shape index (κ2) is 7.47. The molecule has 1 aromatic carbocycles. The highest BCUT2D eigenvalue weighted by atomic mass is 35.5. The van der Waals surface area contributed by atoms with Crippen LogP contribution in [0.25, 0.3) is 10.9 Å². The first kappa shape index (κ1) is 18.8. The van der Waals surface area contributed by atoms with Crippen LogP contribution in [0.3, 0.4) is 0 Å². The predicted molar refractivity (Wildman–Crippen MR) is 102 cm³/mol. The van der Waals surface area contributed by atoms with E-state index in [1.54, 1.807) is 18.2 Å². The van der Waals surface area contributed by atoms with Crippen LogP contribution in [0.2, 0.25) is 5.02 Å². The second-order valence-corrected chi connectivity index (χ2v) is 8.04. The van der Waals surface area contributed by atoms with Gasteiger partial charge in [-0.1, -0.05) is 11.6 Å². The van der Waals surface area contributed by atoms with Crippen LogP contribution in [0.15, 0.2) is 24.3 Å². The quantitative estimate of drug-likeness (QED) is 0.717. The number of hydrogen-bond donors (Lipinski definition) is 1. The van der Waals surface area contributed by atoms with Crippen molar-refractivity contribution in [2.24, 2.45) is 0 Å². The Hall–Kier alpha value is -1.53. The van der Waals surface area contributed by atoms with Crippen molar-refractivity contribution in [2.75, 3.05) is 18.4 Å². The Bertz CT molecular complexity index is 810. The van der Waals surface area contributed by atoms with Crippen molar-refractivity contribution in [1.82, 2.24) is 9.88 Å². The molecule has 0 spiro atoms. The van der Waals surface area contributed by atoms with Gasteiger partial charge in [0.25, 0.3) is 0 Å². The Kier molecular flexibility index (Phi) is 5.21. The number of anilines is 1. The molecule has 146 valence electrons. The van der Waals surface area contributed by atoms with Crippen molar-refractivity contribution in [3.05, 3.63) is 35.0 Å². The summed E-state index contributed by atoms with van der Waals surface area (Å²) in [6.07, 6.45) is 2.20. The van der Waals surface area contributed by atoms with E-state index >= 15 is 0 Å². The monoisotopic (exact) mass is 397 g/mol. The van der Waals surface area contributed by atoms with Gasteiger partial charge in [-0.05, 0) is 75.9 Å². The first-order chi connectivity index (χ1) is 12.9. The number of benzene rings is 1. The van der Waals surface area contributed by atoms with Crippen molar-refractivity contribution in [3.8, 4) is 0 Å². The number of fused-ring (bicyclic) bond motifs is 1. The van der Waals surface area contributed by atoms with Gasteiger partial charge in [0.05, 0.1) is 5.52 Å². The van der Waals surface area contributed by atoms with Gasteiger partial charge in [0, 0.05) is 28.2 Å². The van der Waals surface area contributed by atoms with E-state index in [9.17, 15) is 13.2 Å². The third-order valence-electron chi connectivity index (χ3n) is 5.77. The van der Waals surface area contributed by atoms with Gasteiger partial charge < -0.3 is 10.2 Å². The van der Waals surface area contributed by atoms with E-state index in [4.69, 9.17) is 11.6 Å². The molecule has 2 aromatic rings. The Labute approximate surface area is 161 Å². The third kappa shape index (κ3) is 4.16. The van der Waals surface area contributed by atoms with Crippen LogP contribution in [0.4, 0.5) is 18.9 Å². The summed E-state index contributed by atoms with van der Waals surface area (Å²) in [7, 11) is 0. The molecule has 0 radical (unpaired) electrons. The highest BCUT2D eigenvalue weighted by Crippen LogP contribution is 2.35. The van der Waals surface area contributed by atoms with Crippen LogP contribution in [-0.2, 0) is 6.18 Å². The molecule has 1 aliphatic carbocycles. The number of pyridine rings is 1. The van der Waals surface area contributed by atoms with Gasteiger partial charge in [0.15, 0.2) is 0 Å². The minimum atomic E-state index is -4.47. The number of hydrogen-bond acceptors (Lipinski definition) is 3. The molecule has 3 nitrogen and oxygen atoms in total. The van der Waals surface area contributed by atoms with E-state index in [-0.39, 0.29) is 6.04 Å². The van der Waals surface area contributed by atoms with Gasteiger partial charge in [-0.25, -0.2) is 4.98 Å². The van der Waals surface area contributed by atoms with Gasteiger partial charge in [0.2, 0.25) is 0 Å². The van der Waals surface area contributed by atoms with Gasteiger partial charge in [-0.15, -0.1) is 0 Å². The third-order valence-corrected chi connectivity index (χ3v) is 6.01. The Balaban J connectivity index is 1.55. The van der Waals surface area contributed by atoms with E-state index < -0.39 is 11.9 Å². The summed E-state index contributed by atoms with van der Waals surface area (Å²) in [6.45, 7) is 2.37. The molecule has 1 N–H and O–H groups in total. The fourth-order valence-corrected chi connectivity index (χ4v) is 4.55. The zero-order valence-corrected chi connectivity index (χ0v) is 15.8. The lowest BCUT2D eigenvalue weighted by atomic mass is 9.90. The van der Waals surface area contributed by atoms with E-state index in [0.717, 1.165) is 31.7 Å². The standard InChI is InChI=1S/C20H23ClF3N3/c21-13-3-8-17-16(11-13)18(12-19(26-17)20(22,23)24)25-14-4-6-15(7-5-14)27-9-1-2-10-27/h3,8,11-12,14-15H,1-2,4-7,9-10H2,(H,25,26). The highest BCUT2D eigenvalue weighted by molar-refractivity contribution is 6.31. The molecule has 0 amide bonds. The Morgan fingerprint density at radius 3 is 2.41 bits per heavy atom. The Morgan fingerprint density at radius 2 is 1.74 bits per heavy atom. The zero-order chi connectivity index (χ0) is 19.0. The molecule has 1 saturated carbocycles. The van der Waals surface area contributed by atoms with Crippen molar-refractivity contribution in [1.29, 1.82) is 0 Å². The SMILES string of the molecule is FC(F)(F)c1cc(NC2CCC(N3CCCC3)CC2)c2cc(Cl)ccc2n1. The van der Waals surface area contributed by atoms with Crippen molar-refractivity contribution < 1.29 is 13.2 Å². The number of nitrogens with zero attached hydrogens (tertiary/aromatic N) is 2. The maximum absolute atomic E-state index is 13.3.